The molecular weight excluding hydrogens is 404 g/mol. The van der Waals surface area contributed by atoms with E-state index in [1.807, 2.05) is 18.5 Å². The zero-order valence-electron chi connectivity index (χ0n) is 17.5. The Balaban J connectivity index is 1.60. The number of fused-ring (bicyclic) bond motifs is 1. The number of aromatic nitrogens is 2. The number of rotatable bonds is 7. The van der Waals surface area contributed by atoms with Crippen LogP contribution in [0.4, 0.5) is 5.00 Å². The number of thiocarbonyl (C=S) groups is 1. The Hall–Kier alpha value is -1.93. The van der Waals surface area contributed by atoms with E-state index in [0.29, 0.717) is 17.3 Å². The van der Waals surface area contributed by atoms with E-state index in [1.54, 1.807) is 11.3 Å². The Morgan fingerprint density at radius 1 is 1.31 bits per heavy atom. The molecule has 0 unspecified atom stereocenters. The van der Waals surface area contributed by atoms with Crippen LogP contribution in [0.3, 0.4) is 0 Å². The number of carbonyl (C=O) groups excluding carboxylic acids is 1. The Labute approximate surface area is 182 Å². The van der Waals surface area contributed by atoms with Crippen LogP contribution in [0.5, 0.6) is 0 Å². The lowest BCUT2D eigenvalue weighted by atomic mass is 10.1. The predicted octanol–water partition coefficient (Wildman–Crippen LogP) is 4.38. The highest BCUT2D eigenvalue weighted by Crippen LogP contribution is 2.38. The molecule has 0 radical (unpaired) electrons. The summed E-state index contributed by atoms with van der Waals surface area (Å²) >= 11 is 7.13. The normalized spacial score (nSPS) is 13.5. The zero-order chi connectivity index (χ0) is 20.8. The van der Waals surface area contributed by atoms with Gasteiger partial charge in [0, 0.05) is 23.7 Å². The summed E-state index contributed by atoms with van der Waals surface area (Å²) in [6, 6.07) is 2.08. The first-order valence-corrected chi connectivity index (χ1v) is 11.6. The number of anilines is 1. The lowest BCUT2D eigenvalue weighted by Crippen LogP contribution is -2.30. The van der Waals surface area contributed by atoms with Gasteiger partial charge in [0.1, 0.15) is 5.00 Å². The number of hydrogen-bond acceptors (Lipinski definition) is 5. The van der Waals surface area contributed by atoms with Gasteiger partial charge in [-0.05, 0) is 76.7 Å². The van der Waals surface area contributed by atoms with E-state index in [-0.39, 0.29) is 5.97 Å². The van der Waals surface area contributed by atoms with Gasteiger partial charge in [-0.15, -0.1) is 11.3 Å². The van der Waals surface area contributed by atoms with E-state index in [1.165, 1.54) is 23.4 Å². The van der Waals surface area contributed by atoms with E-state index in [2.05, 4.69) is 28.7 Å². The van der Waals surface area contributed by atoms with Gasteiger partial charge in [-0.2, -0.15) is 5.10 Å². The van der Waals surface area contributed by atoms with Crippen molar-refractivity contribution in [1.29, 1.82) is 0 Å². The summed E-state index contributed by atoms with van der Waals surface area (Å²) in [5.74, 6) is -0.248. The summed E-state index contributed by atoms with van der Waals surface area (Å²) in [5, 5.41) is 12.3. The molecule has 158 valence electrons. The molecule has 1 aliphatic rings. The van der Waals surface area contributed by atoms with Crippen LogP contribution in [0.2, 0.25) is 0 Å². The third-order valence-electron chi connectivity index (χ3n) is 5.06. The topological polar surface area (TPSA) is 68.2 Å². The summed E-state index contributed by atoms with van der Waals surface area (Å²) in [6.45, 7) is 7.87. The first-order valence-electron chi connectivity index (χ1n) is 10.4. The molecule has 0 amide bonds. The molecule has 1 aliphatic carbocycles. The van der Waals surface area contributed by atoms with Gasteiger partial charge < -0.3 is 15.4 Å². The average Bonchev–Trinajstić information content (AvgIpc) is 3.07. The maximum absolute atomic E-state index is 12.6. The highest BCUT2D eigenvalue weighted by molar-refractivity contribution is 7.80. The quantitative estimate of drug-likeness (QED) is 0.292. The number of ether oxygens (including phenoxy) is 1. The van der Waals surface area contributed by atoms with Crippen molar-refractivity contribution < 1.29 is 9.53 Å². The van der Waals surface area contributed by atoms with Crippen LogP contribution >= 0.6 is 23.6 Å². The lowest BCUT2D eigenvalue weighted by Gasteiger charge is -2.12. The van der Waals surface area contributed by atoms with Gasteiger partial charge in [0.15, 0.2) is 5.11 Å². The molecule has 2 heterocycles. The summed E-state index contributed by atoms with van der Waals surface area (Å²) < 4.78 is 7.35. The third kappa shape index (κ3) is 5.57. The fourth-order valence-electron chi connectivity index (χ4n) is 3.73. The van der Waals surface area contributed by atoms with Gasteiger partial charge in [0.25, 0.3) is 0 Å². The molecule has 0 aromatic carbocycles. The molecule has 2 aromatic heterocycles. The molecule has 6 nitrogen and oxygen atoms in total. The van der Waals surface area contributed by atoms with Crippen molar-refractivity contribution in [3.63, 3.8) is 0 Å². The Morgan fingerprint density at radius 2 is 2.10 bits per heavy atom. The van der Waals surface area contributed by atoms with Crippen molar-refractivity contribution in [1.82, 2.24) is 15.1 Å². The van der Waals surface area contributed by atoms with E-state index in [9.17, 15) is 4.79 Å². The van der Waals surface area contributed by atoms with Crippen LogP contribution in [0.25, 0.3) is 0 Å². The zero-order valence-corrected chi connectivity index (χ0v) is 19.1. The van der Waals surface area contributed by atoms with Gasteiger partial charge in [-0.1, -0.05) is 6.42 Å². The molecule has 0 fully saturated rings. The second kappa shape index (κ2) is 10.2. The molecule has 0 bridgehead atoms. The standard InChI is InChI=1S/C21H30N4O2S2/c1-4-27-20(26)18-16-9-6-5-7-10-17(16)29-19(18)23-21(28)22-11-8-12-25-15(3)13-14(2)24-25/h13H,4-12H2,1-3H3,(H2,22,23,28). The molecule has 29 heavy (non-hydrogen) atoms. The number of carbonyl (C=O) groups is 1. The average molecular weight is 435 g/mol. The number of nitrogens with zero attached hydrogens (tertiary/aromatic N) is 2. The Bertz CT molecular complexity index is 872. The Morgan fingerprint density at radius 3 is 2.83 bits per heavy atom. The number of thiophene rings is 1. The second-order valence-corrected chi connectivity index (χ2v) is 8.89. The van der Waals surface area contributed by atoms with Crippen molar-refractivity contribution in [2.24, 2.45) is 0 Å². The second-order valence-electron chi connectivity index (χ2n) is 7.37. The van der Waals surface area contributed by atoms with E-state index < -0.39 is 0 Å². The fraction of sp³-hybridized carbons (Fsp3) is 0.571. The number of nitrogens with one attached hydrogen (secondary N) is 2. The van der Waals surface area contributed by atoms with Gasteiger partial charge >= 0.3 is 5.97 Å². The number of aryl methyl sites for hydroxylation is 4. The van der Waals surface area contributed by atoms with Crippen molar-refractivity contribution in [2.75, 3.05) is 18.5 Å². The lowest BCUT2D eigenvalue weighted by molar-refractivity contribution is 0.0527. The summed E-state index contributed by atoms with van der Waals surface area (Å²) in [7, 11) is 0. The molecule has 3 rings (SSSR count). The largest absolute Gasteiger partial charge is 0.462 e. The van der Waals surface area contributed by atoms with Gasteiger partial charge in [-0.3, -0.25) is 4.68 Å². The highest BCUT2D eigenvalue weighted by Gasteiger charge is 2.26. The van der Waals surface area contributed by atoms with Gasteiger partial charge in [-0.25, -0.2) is 4.79 Å². The fourth-order valence-corrected chi connectivity index (χ4v) is 5.28. The summed E-state index contributed by atoms with van der Waals surface area (Å²) in [4.78, 5) is 13.9. The summed E-state index contributed by atoms with van der Waals surface area (Å²) in [5.41, 5.74) is 4.04. The third-order valence-corrected chi connectivity index (χ3v) is 6.52. The minimum absolute atomic E-state index is 0.248. The van der Waals surface area contributed by atoms with Crippen LogP contribution in [-0.4, -0.2) is 34.0 Å². The van der Waals surface area contributed by atoms with Crippen LogP contribution in [0, 0.1) is 13.8 Å². The van der Waals surface area contributed by atoms with E-state index in [0.717, 1.165) is 55.0 Å². The van der Waals surface area contributed by atoms with Crippen LogP contribution in [-0.2, 0) is 24.1 Å². The molecule has 2 N–H and O–H groups in total. The SMILES string of the molecule is CCOC(=O)c1c(NC(=S)NCCCn2nc(C)cc2C)sc2c1CCCCC2. The monoisotopic (exact) mass is 434 g/mol. The van der Waals surface area contributed by atoms with Crippen LogP contribution in [0.1, 0.15) is 64.8 Å². The van der Waals surface area contributed by atoms with E-state index in [4.69, 9.17) is 17.0 Å². The predicted molar refractivity (Wildman–Crippen MR) is 122 cm³/mol. The van der Waals surface area contributed by atoms with Crippen LogP contribution in [0.15, 0.2) is 6.07 Å². The van der Waals surface area contributed by atoms with Gasteiger partial charge in [0.05, 0.1) is 17.9 Å². The van der Waals surface area contributed by atoms with Crippen molar-refractivity contribution in [2.45, 2.75) is 65.8 Å². The summed E-state index contributed by atoms with van der Waals surface area (Å²) in [6.07, 6.45) is 6.37. The molecule has 0 spiro atoms. The maximum Gasteiger partial charge on any atom is 0.341 e. The first kappa shape index (κ1) is 21.8. The molecule has 0 saturated heterocycles. The Kier molecular flexibility index (Phi) is 7.66. The van der Waals surface area contributed by atoms with Gasteiger partial charge in [0.2, 0.25) is 0 Å². The highest BCUT2D eigenvalue weighted by atomic mass is 32.1. The molecule has 0 aliphatic heterocycles. The molecule has 0 saturated carbocycles. The molecule has 2 aromatic rings. The minimum Gasteiger partial charge on any atom is -0.462 e. The first-order chi connectivity index (χ1) is 14.0. The van der Waals surface area contributed by atoms with Crippen LogP contribution < -0.4 is 10.6 Å². The smallest absolute Gasteiger partial charge is 0.341 e. The molecular formula is C21H30N4O2S2. The molecule has 0 atom stereocenters. The molecule has 8 heteroatoms. The minimum atomic E-state index is -0.248. The van der Waals surface area contributed by atoms with E-state index >= 15 is 0 Å². The van der Waals surface area contributed by atoms with Crippen molar-refractivity contribution >= 4 is 39.6 Å². The van der Waals surface area contributed by atoms with Crippen molar-refractivity contribution in [3.8, 4) is 0 Å². The maximum atomic E-state index is 12.6. The number of esters is 1. The number of hydrogen-bond donors (Lipinski definition) is 2. The van der Waals surface area contributed by atoms with Crippen molar-refractivity contribution in [3.05, 3.63) is 33.5 Å².